The normalized spacial score (nSPS) is 11.3. The molecule has 0 bridgehead atoms. The lowest BCUT2D eigenvalue weighted by Gasteiger charge is -2.10. The van der Waals surface area contributed by atoms with Crippen molar-refractivity contribution in [1.82, 2.24) is 9.97 Å². The Morgan fingerprint density at radius 3 is 2.43 bits per heavy atom. The molecule has 0 atom stereocenters. The third-order valence-corrected chi connectivity index (χ3v) is 3.29. The molecule has 0 aliphatic heterocycles. The SMILES string of the molecule is CNc1ncc(Br)c(NCc2ccc(C(F)(F)F)cc2)n1. The minimum absolute atomic E-state index is 0.358. The highest BCUT2D eigenvalue weighted by Gasteiger charge is 2.29. The van der Waals surface area contributed by atoms with Crippen LogP contribution in [0, 0.1) is 0 Å². The van der Waals surface area contributed by atoms with E-state index in [4.69, 9.17) is 0 Å². The van der Waals surface area contributed by atoms with E-state index in [1.807, 2.05) is 0 Å². The first-order valence-corrected chi connectivity index (χ1v) is 6.80. The zero-order chi connectivity index (χ0) is 15.5. The fraction of sp³-hybridized carbons (Fsp3) is 0.231. The Labute approximate surface area is 127 Å². The monoisotopic (exact) mass is 360 g/mol. The molecule has 21 heavy (non-hydrogen) atoms. The van der Waals surface area contributed by atoms with E-state index in [-0.39, 0.29) is 0 Å². The summed E-state index contributed by atoms with van der Waals surface area (Å²) >= 11 is 3.31. The lowest BCUT2D eigenvalue weighted by molar-refractivity contribution is -0.137. The van der Waals surface area contributed by atoms with Gasteiger partial charge >= 0.3 is 6.18 Å². The van der Waals surface area contributed by atoms with E-state index >= 15 is 0 Å². The third-order valence-electron chi connectivity index (χ3n) is 2.71. The summed E-state index contributed by atoms with van der Waals surface area (Å²) in [6.07, 6.45) is -2.72. The van der Waals surface area contributed by atoms with E-state index in [2.05, 4.69) is 36.5 Å². The molecule has 4 nitrogen and oxygen atoms in total. The van der Waals surface area contributed by atoms with Gasteiger partial charge in [0.05, 0.1) is 10.0 Å². The van der Waals surface area contributed by atoms with Crippen molar-refractivity contribution in [3.63, 3.8) is 0 Å². The van der Waals surface area contributed by atoms with Crippen LogP contribution in [-0.2, 0) is 12.7 Å². The molecule has 2 N–H and O–H groups in total. The Morgan fingerprint density at radius 2 is 1.86 bits per heavy atom. The molecule has 1 aromatic carbocycles. The highest BCUT2D eigenvalue weighted by molar-refractivity contribution is 9.10. The highest BCUT2D eigenvalue weighted by atomic mass is 79.9. The first-order valence-electron chi connectivity index (χ1n) is 6.00. The van der Waals surface area contributed by atoms with Gasteiger partial charge in [-0.05, 0) is 33.6 Å². The fourth-order valence-electron chi connectivity index (χ4n) is 1.61. The Balaban J connectivity index is 2.06. The van der Waals surface area contributed by atoms with E-state index in [9.17, 15) is 13.2 Å². The molecule has 1 heterocycles. The Bertz CT molecular complexity index is 614. The van der Waals surface area contributed by atoms with Crippen molar-refractivity contribution in [1.29, 1.82) is 0 Å². The summed E-state index contributed by atoms with van der Waals surface area (Å²) in [4.78, 5) is 8.22. The van der Waals surface area contributed by atoms with Crippen molar-refractivity contribution >= 4 is 27.7 Å². The quantitative estimate of drug-likeness (QED) is 0.867. The molecule has 2 rings (SSSR count). The molecular formula is C13H12BrF3N4. The van der Waals surface area contributed by atoms with Crippen molar-refractivity contribution < 1.29 is 13.2 Å². The Hall–Kier alpha value is -1.83. The van der Waals surface area contributed by atoms with Crippen LogP contribution in [0.5, 0.6) is 0 Å². The van der Waals surface area contributed by atoms with Crippen molar-refractivity contribution in [2.75, 3.05) is 17.7 Å². The van der Waals surface area contributed by atoms with Crippen LogP contribution in [-0.4, -0.2) is 17.0 Å². The van der Waals surface area contributed by atoms with Crippen LogP contribution >= 0.6 is 15.9 Å². The number of halogens is 4. The maximum absolute atomic E-state index is 12.5. The molecule has 2 aromatic rings. The third kappa shape index (κ3) is 4.07. The number of benzene rings is 1. The molecule has 0 spiro atoms. The zero-order valence-electron chi connectivity index (χ0n) is 11.0. The van der Waals surface area contributed by atoms with Gasteiger partial charge in [-0.2, -0.15) is 18.2 Å². The molecule has 0 unspecified atom stereocenters. The van der Waals surface area contributed by atoms with Crippen LogP contribution in [0.4, 0.5) is 24.9 Å². The minimum atomic E-state index is -4.32. The van der Waals surface area contributed by atoms with Crippen molar-refractivity contribution in [2.24, 2.45) is 0 Å². The first-order chi connectivity index (χ1) is 9.90. The van der Waals surface area contributed by atoms with Gasteiger partial charge in [-0.25, -0.2) is 4.98 Å². The van der Waals surface area contributed by atoms with Crippen molar-refractivity contribution in [3.05, 3.63) is 46.1 Å². The van der Waals surface area contributed by atoms with Crippen molar-refractivity contribution in [3.8, 4) is 0 Å². The number of anilines is 2. The number of rotatable bonds is 4. The molecule has 8 heteroatoms. The number of alkyl halides is 3. The summed E-state index contributed by atoms with van der Waals surface area (Å²) in [6, 6.07) is 4.99. The summed E-state index contributed by atoms with van der Waals surface area (Å²) in [6.45, 7) is 0.358. The zero-order valence-corrected chi connectivity index (χ0v) is 12.6. The van der Waals surface area contributed by atoms with E-state index < -0.39 is 11.7 Å². The molecule has 112 valence electrons. The molecule has 0 saturated heterocycles. The molecule has 0 aliphatic carbocycles. The van der Waals surface area contributed by atoms with Gasteiger partial charge < -0.3 is 10.6 Å². The van der Waals surface area contributed by atoms with Crippen LogP contribution < -0.4 is 10.6 Å². The Kier molecular flexibility index (Phi) is 4.66. The van der Waals surface area contributed by atoms with Gasteiger partial charge in [0.15, 0.2) is 0 Å². The largest absolute Gasteiger partial charge is 0.416 e. The number of hydrogen-bond acceptors (Lipinski definition) is 4. The van der Waals surface area contributed by atoms with Gasteiger partial charge in [0.2, 0.25) is 5.95 Å². The number of aromatic nitrogens is 2. The average molecular weight is 361 g/mol. The maximum Gasteiger partial charge on any atom is 0.416 e. The topological polar surface area (TPSA) is 49.8 Å². The van der Waals surface area contributed by atoms with Gasteiger partial charge in [-0.15, -0.1) is 0 Å². The van der Waals surface area contributed by atoms with E-state index in [1.165, 1.54) is 12.1 Å². The van der Waals surface area contributed by atoms with Gasteiger partial charge in [0.25, 0.3) is 0 Å². The van der Waals surface area contributed by atoms with E-state index in [0.717, 1.165) is 17.7 Å². The van der Waals surface area contributed by atoms with Gasteiger partial charge in [-0.3, -0.25) is 0 Å². The van der Waals surface area contributed by atoms with Crippen LogP contribution in [0.3, 0.4) is 0 Å². The highest BCUT2D eigenvalue weighted by Crippen LogP contribution is 2.29. The molecule has 0 radical (unpaired) electrons. The summed E-state index contributed by atoms with van der Waals surface area (Å²) in [7, 11) is 1.70. The van der Waals surface area contributed by atoms with E-state index in [0.29, 0.717) is 22.8 Å². The van der Waals surface area contributed by atoms with Gasteiger partial charge in [0.1, 0.15) is 5.82 Å². The van der Waals surface area contributed by atoms with Crippen LogP contribution in [0.25, 0.3) is 0 Å². The molecule has 1 aromatic heterocycles. The molecule has 0 amide bonds. The second-order valence-electron chi connectivity index (χ2n) is 4.19. The minimum Gasteiger partial charge on any atom is -0.365 e. The lowest BCUT2D eigenvalue weighted by Crippen LogP contribution is -2.07. The summed E-state index contributed by atoms with van der Waals surface area (Å²) in [5.41, 5.74) is 0.0615. The molecule has 0 aliphatic rings. The standard InChI is InChI=1S/C13H12BrF3N4/c1-18-12-20-7-10(14)11(21-12)19-6-8-2-4-9(5-3-8)13(15,16)17/h2-5,7H,6H2,1H3,(H2,18,19,20,21). The van der Waals surface area contributed by atoms with Crippen LogP contribution in [0.15, 0.2) is 34.9 Å². The molecule has 0 fully saturated rings. The maximum atomic E-state index is 12.5. The number of nitrogens with one attached hydrogen (secondary N) is 2. The van der Waals surface area contributed by atoms with Gasteiger partial charge in [-0.1, -0.05) is 12.1 Å². The Morgan fingerprint density at radius 1 is 1.19 bits per heavy atom. The number of hydrogen-bond donors (Lipinski definition) is 2. The van der Waals surface area contributed by atoms with E-state index in [1.54, 1.807) is 13.2 Å². The summed E-state index contributed by atoms with van der Waals surface area (Å²) in [5, 5.41) is 5.85. The van der Waals surface area contributed by atoms with Crippen molar-refractivity contribution in [2.45, 2.75) is 12.7 Å². The first kappa shape index (κ1) is 15.6. The molecule has 0 saturated carbocycles. The smallest absolute Gasteiger partial charge is 0.365 e. The van der Waals surface area contributed by atoms with Crippen LogP contribution in [0.2, 0.25) is 0 Å². The number of nitrogens with zero attached hydrogens (tertiary/aromatic N) is 2. The van der Waals surface area contributed by atoms with Gasteiger partial charge in [0, 0.05) is 19.8 Å². The second kappa shape index (κ2) is 6.30. The predicted octanol–water partition coefficient (Wildman–Crippen LogP) is 3.91. The summed E-state index contributed by atoms with van der Waals surface area (Å²) < 4.78 is 38.1. The molecular weight excluding hydrogens is 349 g/mol. The fourth-order valence-corrected chi connectivity index (χ4v) is 1.94. The summed E-state index contributed by atoms with van der Waals surface area (Å²) in [5.74, 6) is 1.02. The average Bonchev–Trinajstić information content (AvgIpc) is 2.46. The second-order valence-corrected chi connectivity index (χ2v) is 5.04. The van der Waals surface area contributed by atoms with Crippen LogP contribution in [0.1, 0.15) is 11.1 Å². The lowest BCUT2D eigenvalue weighted by atomic mass is 10.1. The predicted molar refractivity (Wildman–Crippen MR) is 78.0 cm³/mol.